The van der Waals surface area contributed by atoms with E-state index in [0.29, 0.717) is 6.10 Å². The largest absolute Gasteiger partial charge is 0.407 e. The molecule has 1 aliphatic rings. The van der Waals surface area contributed by atoms with Gasteiger partial charge >= 0.3 is 0 Å². The zero-order valence-corrected chi connectivity index (χ0v) is 18.1. The summed E-state index contributed by atoms with van der Waals surface area (Å²) in [6, 6.07) is 21.8. The van der Waals surface area contributed by atoms with E-state index < -0.39 is 8.32 Å². The van der Waals surface area contributed by atoms with Crippen molar-refractivity contribution in [2.24, 2.45) is 0 Å². The first-order valence-corrected chi connectivity index (χ1v) is 12.3. The van der Waals surface area contributed by atoms with E-state index in [9.17, 15) is 0 Å². The molecule has 27 heavy (non-hydrogen) atoms. The Morgan fingerprint density at radius 2 is 1.52 bits per heavy atom. The zero-order valence-electron chi connectivity index (χ0n) is 17.1. The molecule has 146 valence electrons. The smallest absolute Gasteiger partial charge is 0.261 e. The number of rotatable bonds is 7. The first kappa shape index (κ1) is 20.3. The molecular weight excluding hydrogens is 348 g/mol. The van der Waals surface area contributed by atoms with E-state index in [0.717, 1.165) is 26.1 Å². The minimum absolute atomic E-state index is 0.0526. The summed E-state index contributed by atoms with van der Waals surface area (Å²) < 4.78 is 12.8. The van der Waals surface area contributed by atoms with Crippen LogP contribution >= 0.6 is 0 Å². The van der Waals surface area contributed by atoms with Crippen LogP contribution in [0.15, 0.2) is 60.7 Å². The third-order valence-corrected chi connectivity index (χ3v) is 10.7. The zero-order chi connectivity index (χ0) is 19.2. The van der Waals surface area contributed by atoms with Crippen LogP contribution in [0, 0.1) is 0 Å². The Hall–Kier alpha value is -1.42. The van der Waals surface area contributed by atoms with Crippen LogP contribution in [0.4, 0.5) is 0 Å². The number of ether oxygens (including phenoxy) is 1. The second kappa shape index (κ2) is 9.18. The van der Waals surface area contributed by atoms with Crippen LogP contribution in [-0.2, 0) is 9.16 Å². The maximum atomic E-state index is 6.94. The minimum atomic E-state index is -2.38. The molecule has 1 aliphatic heterocycles. The standard InChI is InChI=1S/C24H34O2Si/c1-24(2,3)27(22-15-6-4-7-16-22,23-17-8-5-9-18-23)26-20-12-14-21-13-10-11-19-25-21/h4-9,15-18,21H,10-14,19-20H2,1-3H3. The monoisotopic (exact) mass is 382 g/mol. The first-order chi connectivity index (χ1) is 13.0. The van der Waals surface area contributed by atoms with Crippen LogP contribution < -0.4 is 10.4 Å². The van der Waals surface area contributed by atoms with Gasteiger partial charge in [-0.25, -0.2) is 0 Å². The van der Waals surface area contributed by atoms with Gasteiger partial charge in [-0.3, -0.25) is 0 Å². The number of hydrogen-bond donors (Lipinski definition) is 0. The van der Waals surface area contributed by atoms with Gasteiger partial charge in [0.25, 0.3) is 8.32 Å². The van der Waals surface area contributed by atoms with E-state index in [1.54, 1.807) is 0 Å². The highest BCUT2D eigenvalue weighted by atomic mass is 28.4. The minimum Gasteiger partial charge on any atom is -0.407 e. The Bertz CT molecular complexity index is 633. The quantitative estimate of drug-likeness (QED) is 0.500. The molecule has 0 aliphatic carbocycles. The highest BCUT2D eigenvalue weighted by molar-refractivity contribution is 6.99. The fraction of sp³-hybridized carbons (Fsp3) is 0.500. The SMILES string of the molecule is CC(C)(C)[Si](OCCCC1CCCCO1)(c1ccccc1)c1ccccc1. The molecular formula is C24H34O2Si. The van der Waals surface area contributed by atoms with Crippen LogP contribution in [-0.4, -0.2) is 27.6 Å². The van der Waals surface area contributed by atoms with Gasteiger partial charge in [-0.2, -0.15) is 0 Å². The Morgan fingerprint density at radius 1 is 0.926 bits per heavy atom. The lowest BCUT2D eigenvalue weighted by atomic mass is 10.1. The maximum Gasteiger partial charge on any atom is 0.261 e. The van der Waals surface area contributed by atoms with Crippen LogP contribution in [0.3, 0.4) is 0 Å². The van der Waals surface area contributed by atoms with E-state index in [-0.39, 0.29) is 5.04 Å². The Morgan fingerprint density at radius 3 is 2.00 bits per heavy atom. The molecule has 1 fully saturated rings. The van der Waals surface area contributed by atoms with E-state index in [1.165, 1.54) is 29.6 Å². The Kier molecular flexibility index (Phi) is 6.91. The van der Waals surface area contributed by atoms with Crippen molar-refractivity contribution in [2.75, 3.05) is 13.2 Å². The average molecular weight is 383 g/mol. The highest BCUT2D eigenvalue weighted by Gasteiger charge is 2.49. The third kappa shape index (κ3) is 4.71. The molecule has 1 atom stereocenters. The summed E-state index contributed by atoms with van der Waals surface area (Å²) in [5.74, 6) is 0. The van der Waals surface area contributed by atoms with Gasteiger partial charge in [0, 0.05) is 13.2 Å². The van der Waals surface area contributed by atoms with E-state index in [4.69, 9.17) is 9.16 Å². The Labute approximate surface area is 166 Å². The van der Waals surface area contributed by atoms with Crippen LogP contribution in [0.25, 0.3) is 0 Å². The molecule has 1 saturated heterocycles. The van der Waals surface area contributed by atoms with Gasteiger partial charge < -0.3 is 9.16 Å². The summed E-state index contributed by atoms with van der Waals surface area (Å²) >= 11 is 0. The van der Waals surface area contributed by atoms with Crippen LogP contribution in [0.5, 0.6) is 0 Å². The lowest BCUT2D eigenvalue weighted by molar-refractivity contribution is 0.00805. The third-order valence-electron chi connectivity index (χ3n) is 5.68. The molecule has 0 N–H and O–H groups in total. The summed E-state index contributed by atoms with van der Waals surface area (Å²) in [4.78, 5) is 0. The molecule has 0 aromatic heterocycles. The van der Waals surface area contributed by atoms with E-state index in [1.807, 2.05) is 0 Å². The first-order valence-electron chi connectivity index (χ1n) is 10.4. The average Bonchev–Trinajstić information content (AvgIpc) is 2.69. The van der Waals surface area contributed by atoms with Gasteiger partial charge in [0.1, 0.15) is 0 Å². The molecule has 0 radical (unpaired) electrons. The van der Waals surface area contributed by atoms with Crippen LogP contribution in [0.2, 0.25) is 5.04 Å². The Balaban J connectivity index is 1.83. The number of hydrogen-bond acceptors (Lipinski definition) is 2. The van der Waals surface area contributed by atoms with E-state index in [2.05, 4.69) is 81.4 Å². The molecule has 0 saturated carbocycles. The lowest BCUT2D eigenvalue weighted by Gasteiger charge is -2.43. The second-order valence-electron chi connectivity index (χ2n) is 8.64. The second-order valence-corrected chi connectivity index (χ2v) is 12.9. The predicted molar refractivity (Wildman–Crippen MR) is 116 cm³/mol. The summed E-state index contributed by atoms with van der Waals surface area (Å²) in [6.45, 7) is 8.74. The molecule has 0 bridgehead atoms. The molecule has 2 nitrogen and oxygen atoms in total. The number of benzene rings is 2. The summed E-state index contributed by atoms with van der Waals surface area (Å²) in [5, 5.41) is 2.77. The predicted octanol–water partition coefficient (Wildman–Crippen LogP) is 4.91. The van der Waals surface area contributed by atoms with Crippen molar-refractivity contribution in [2.45, 2.75) is 64.0 Å². The molecule has 1 heterocycles. The van der Waals surface area contributed by atoms with Crippen molar-refractivity contribution in [3.63, 3.8) is 0 Å². The molecule has 0 amide bonds. The molecule has 3 rings (SSSR count). The maximum absolute atomic E-state index is 6.94. The topological polar surface area (TPSA) is 18.5 Å². The normalized spacial score (nSPS) is 18.4. The van der Waals surface area contributed by atoms with Crippen LogP contribution in [0.1, 0.15) is 52.9 Å². The van der Waals surface area contributed by atoms with Gasteiger partial charge in [-0.15, -0.1) is 0 Å². The van der Waals surface area contributed by atoms with Crippen molar-refractivity contribution in [1.82, 2.24) is 0 Å². The highest BCUT2D eigenvalue weighted by Crippen LogP contribution is 2.36. The molecule has 3 heteroatoms. The molecule has 2 aromatic carbocycles. The fourth-order valence-corrected chi connectivity index (χ4v) is 8.94. The van der Waals surface area contributed by atoms with Gasteiger partial charge in [-0.05, 0) is 47.5 Å². The summed E-state index contributed by atoms with van der Waals surface area (Å²) in [7, 11) is -2.38. The van der Waals surface area contributed by atoms with Gasteiger partial charge in [0.2, 0.25) is 0 Å². The molecule has 0 spiro atoms. The van der Waals surface area contributed by atoms with Crippen molar-refractivity contribution in [3.05, 3.63) is 60.7 Å². The van der Waals surface area contributed by atoms with Crippen molar-refractivity contribution >= 4 is 18.7 Å². The van der Waals surface area contributed by atoms with Gasteiger partial charge in [0.15, 0.2) is 0 Å². The van der Waals surface area contributed by atoms with Crippen molar-refractivity contribution in [1.29, 1.82) is 0 Å². The van der Waals surface area contributed by atoms with E-state index >= 15 is 0 Å². The van der Waals surface area contributed by atoms with Gasteiger partial charge in [0.05, 0.1) is 6.10 Å². The molecule has 1 unspecified atom stereocenters. The van der Waals surface area contributed by atoms with Crippen molar-refractivity contribution in [3.8, 4) is 0 Å². The molecule has 2 aromatic rings. The lowest BCUT2D eigenvalue weighted by Crippen LogP contribution is -2.66. The summed E-state index contributed by atoms with van der Waals surface area (Å²) in [5.41, 5.74) is 0. The van der Waals surface area contributed by atoms with Crippen molar-refractivity contribution < 1.29 is 9.16 Å². The van der Waals surface area contributed by atoms with Gasteiger partial charge in [-0.1, -0.05) is 81.4 Å². The summed E-state index contributed by atoms with van der Waals surface area (Å²) in [6.07, 6.45) is 6.34. The fourth-order valence-electron chi connectivity index (χ4n) is 4.33.